The molecule has 0 aromatic heterocycles. The molecule has 0 aromatic rings. The topological polar surface area (TPSA) is 63.3 Å². The predicted molar refractivity (Wildman–Crippen MR) is 35.5 cm³/mol. The first-order chi connectivity index (χ1) is 4.89. The first-order valence-electron chi connectivity index (χ1n) is 3.25. The molecular formula is C6H11F2NO2. The highest BCUT2D eigenvalue weighted by molar-refractivity contribution is 5.73. The molecule has 0 unspecified atom stereocenters. The van der Waals surface area contributed by atoms with Crippen LogP contribution in [0.5, 0.6) is 0 Å². The first kappa shape index (κ1) is 10.3. The van der Waals surface area contributed by atoms with Gasteiger partial charge in [0.05, 0.1) is 0 Å². The van der Waals surface area contributed by atoms with Crippen LogP contribution >= 0.6 is 0 Å². The molecule has 5 heteroatoms. The number of halogens is 2. The lowest BCUT2D eigenvalue weighted by Gasteiger charge is -2.15. The minimum Gasteiger partial charge on any atom is -0.480 e. The summed E-state index contributed by atoms with van der Waals surface area (Å²) in [6, 6.07) is -1.47. The number of hydrogen-bond acceptors (Lipinski definition) is 2. The number of nitrogens with two attached hydrogens (primary N) is 1. The molecule has 0 heterocycles. The van der Waals surface area contributed by atoms with Crippen molar-refractivity contribution in [3.63, 3.8) is 0 Å². The molecule has 0 saturated carbocycles. The molecule has 0 saturated heterocycles. The van der Waals surface area contributed by atoms with Gasteiger partial charge >= 0.3 is 5.97 Å². The van der Waals surface area contributed by atoms with E-state index in [1.54, 1.807) is 0 Å². The lowest BCUT2D eigenvalue weighted by atomic mass is 10.1. The van der Waals surface area contributed by atoms with Crippen LogP contribution in [-0.2, 0) is 4.79 Å². The molecule has 0 radical (unpaired) electrons. The maximum absolute atomic E-state index is 12.4. The van der Waals surface area contributed by atoms with Crippen LogP contribution in [0, 0.1) is 0 Å². The van der Waals surface area contributed by atoms with E-state index in [2.05, 4.69) is 0 Å². The van der Waals surface area contributed by atoms with Gasteiger partial charge in [0.1, 0.15) is 6.04 Å². The van der Waals surface area contributed by atoms with Crippen molar-refractivity contribution in [1.29, 1.82) is 0 Å². The van der Waals surface area contributed by atoms with E-state index in [-0.39, 0.29) is 6.42 Å². The largest absolute Gasteiger partial charge is 0.480 e. The number of carboxylic acid groups (broad SMARTS) is 1. The summed E-state index contributed by atoms with van der Waals surface area (Å²) in [4.78, 5) is 10.0. The number of carbonyl (C=O) groups is 1. The molecule has 0 aromatic carbocycles. The van der Waals surface area contributed by atoms with Gasteiger partial charge in [0, 0.05) is 12.8 Å². The van der Waals surface area contributed by atoms with E-state index >= 15 is 0 Å². The third-order valence-electron chi connectivity index (χ3n) is 1.35. The Kier molecular flexibility index (Phi) is 3.38. The fourth-order valence-corrected chi connectivity index (χ4v) is 0.553. The van der Waals surface area contributed by atoms with Crippen molar-refractivity contribution in [2.45, 2.75) is 31.7 Å². The van der Waals surface area contributed by atoms with Crippen LogP contribution in [0.2, 0.25) is 0 Å². The Labute approximate surface area is 63.2 Å². The molecule has 66 valence electrons. The Morgan fingerprint density at radius 1 is 1.73 bits per heavy atom. The van der Waals surface area contributed by atoms with Crippen LogP contribution in [0.25, 0.3) is 0 Å². The van der Waals surface area contributed by atoms with E-state index < -0.39 is 24.4 Å². The maximum atomic E-state index is 12.4. The summed E-state index contributed by atoms with van der Waals surface area (Å²) in [7, 11) is 0. The van der Waals surface area contributed by atoms with Crippen molar-refractivity contribution in [2.24, 2.45) is 5.73 Å². The fourth-order valence-electron chi connectivity index (χ4n) is 0.553. The molecule has 3 N–H and O–H groups in total. The second-order valence-corrected chi connectivity index (χ2v) is 2.36. The third-order valence-corrected chi connectivity index (χ3v) is 1.35. The number of aliphatic carboxylic acids is 1. The van der Waals surface area contributed by atoms with Gasteiger partial charge < -0.3 is 10.8 Å². The van der Waals surface area contributed by atoms with Crippen molar-refractivity contribution < 1.29 is 18.7 Å². The number of rotatable bonds is 4. The van der Waals surface area contributed by atoms with E-state index in [4.69, 9.17) is 10.8 Å². The standard InChI is InChI=1S/C6H11F2NO2/c1-2-6(7,8)3-4(9)5(10)11/h4H,2-3,9H2,1H3,(H,10,11)/t4-/m0/s1. The molecular weight excluding hydrogens is 156 g/mol. The Bertz CT molecular complexity index is 150. The SMILES string of the molecule is CCC(F)(F)C[C@H](N)C(=O)O. The highest BCUT2D eigenvalue weighted by atomic mass is 19.3. The van der Waals surface area contributed by atoms with Gasteiger partial charge in [-0.2, -0.15) is 0 Å². The maximum Gasteiger partial charge on any atom is 0.320 e. The zero-order valence-corrected chi connectivity index (χ0v) is 6.18. The molecule has 0 fully saturated rings. The molecule has 0 aliphatic heterocycles. The summed E-state index contributed by atoms with van der Waals surface area (Å²) >= 11 is 0. The monoisotopic (exact) mass is 167 g/mol. The Balaban J connectivity index is 3.93. The Hall–Kier alpha value is -0.710. The highest BCUT2D eigenvalue weighted by Crippen LogP contribution is 2.23. The van der Waals surface area contributed by atoms with Crippen LogP contribution in [0.4, 0.5) is 8.78 Å². The van der Waals surface area contributed by atoms with Gasteiger partial charge in [-0.25, -0.2) is 8.78 Å². The van der Waals surface area contributed by atoms with Gasteiger partial charge in [-0.05, 0) is 0 Å². The van der Waals surface area contributed by atoms with Crippen molar-refractivity contribution in [3.8, 4) is 0 Å². The summed E-state index contributed by atoms with van der Waals surface area (Å²) in [5.74, 6) is -4.35. The van der Waals surface area contributed by atoms with Crippen LogP contribution in [-0.4, -0.2) is 23.0 Å². The van der Waals surface area contributed by atoms with E-state index in [0.29, 0.717) is 0 Å². The van der Waals surface area contributed by atoms with E-state index in [1.807, 2.05) is 0 Å². The summed E-state index contributed by atoms with van der Waals surface area (Å²) in [6.45, 7) is 1.29. The lowest BCUT2D eigenvalue weighted by molar-refractivity contribution is -0.141. The minimum atomic E-state index is -2.96. The van der Waals surface area contributed by atoms with Crippen molar-refractivity contribution in [1.82, 2.24) is 0 Å². The molecule has 3 nitrogen and oxygen atoms in total. The highest BCUT2D eigenvalue weighted by Gasteiger charge is 2.31. The predicted octanol–water partition coefficient (Wildman–Crippen LogP) is 0.834. The van der Waals surface area contributed by atoms with E-state index in [1.165, 1.54) is 6.92 Å². The van der Waals surface area contributed by atoms with Crippen LogP contribution in [0.1, 0.15) is 19.8 Å². The molecule has 0 spiro atoms. The number of carboxylic acids is 1. The van der Waals surface area contributed by atoms with E-state index in [0.717, 1.165) is 0 Å². The third kappa shape index (κ3) is 3.87. The Morgan fingerprint density at radius 3 is 2.45 bits per heavy atom. The summed E-state index contributed by atoms with van der Waals surface area (Å²) in [6.07, 6.45) is -1.17. The molecule has 11 heavy (non-hydrogen) atoms. The summed E-state index contributed by atoms with van der Waals surface area (Å²) < 4.78 is 24.8. The van der Waals surface area contributed by atoms with Crippen molar-refractivity contribution >= 4 is 5.97 Å². The van der Waals surface area contributed by atoms with Crippen molar-refractivity contribution in [2.75, 3.05) is 0 Å². The second kappa shape index (κ2) is 3.61. The zero-order chi connectivity index (χ0) is 9.07. The van der Waals surface area contributed by atoms with Crippen LogP contribution < -0.4 is 5.73 Å². The van der Waals surface area contributed by atoms with Gasteiger partial charge in [-0.1, -0.05) is 6.92 Å². The van der Waals surface area contributed by atoms with Gasteiger partial charge in [0.25, 0.3) is 0 Å². The fraction of sp³-hybridized carbons (Fsp3) is 0.833. The molecule has 0 aliphatic rings. The van der Waals surface area contributed by atoms with Crippen LogP contribution in [0.3, 0.4) is 0 Å². The zero-order valence-electron chi connectivity index (χ0n) is 6.18. The van der Waals surface area contributed by atoms with Gasteiger partial charge in [-0.15, -0.1) is 0 Å². The van der Waals surface area contributed by atoms with Gasteiger partial charge in [0.15, 0.2) is 0 Å². The molecule has 0 bridgehead atoms. The quantitative estimate of drug-likeness (QED) is 0.651. The summed E-state index contributed by atoms with van der Waals surface area (Å²) in [5.41, 5.74) is 4.90. The summed E-state index contributed by atoms with van der Waals surface area (Å²) in [5, 5.41) is 8.18. The van der Waals surface area contributed by atoms with E-state index in [9.17, 15) is 13.6 Å². The second-order valence-electron chi connectivity index (χ2n) is 2.36. The average molecular weight is 167 g/mol. The normalized spacial score (nSPS) is 14.5. The molecule has 0 aliphatic carbocycles. The molecule has 1 atom stereocenters. The Morgan fingerprint density at radius 2 is 2.18 bits per heavy atom. The average Bonchev–Trinajstić information content (AvgIpc) is 1.87. The van der Waals surface area contributed by atoms with Gasteiger partial charge in [-0.3, -0.25) is 4.79 Å². The lowest BCUT2D eigenvalue weighted by Crippen LogP contribution is -2.36. The van der Waals surface area contributed by atoms with Crippen molar-refractivity contribution in [3.05, 3.63) is 0 Å². The smallest absolute Gasteiger partial charge is 0.320 e. The first-order valence-corrected chi connectivity index (χ1v) is 3.25. The number of alkyl halides is 2. The van der Waals surface area contributed by atoms with Crippen LogP contribution in [0.15, 0.2) is 0 Å². The number of hydrogen-bond donors (Lipinski definition) is 2. The minimum absolute atomic E-state index is 0.381. The molecule has 0 amide bonds. The van der Waals surface area contributed by atoms with Gasteiger partial charge in [0.2, 0.25) is 5.92 Å². The molecule has 0 rings (SSSR count).